The molecular formula is C6H5NO6. The molecule has 0 saturated carbocycles. The van der Waals surface area contributed by atoms with Crippen LogP contribution in [0.15, 0.2) is 4.99 Å². The smallest absolute Gasteiger partial charge is 0.396 e. The minimum Gasteiger partial charge on any atom is -0.396 e. The lowest BCUT2D eigenvalue weighted by atomic mass is 10.2. The van der Waals surface area contributed by atoms with Gasteiger partial charge in [0.15, 0.2) is 12.2 Å². The Morgan fingerprint density at radius 3 is 1.92 bits per heavy atom. The van der Waals surface area contributed by atoms with Crippen LogP contribution in [0.1, 0.15) is 0 Å². The second-order valence-electron chi connectivity index (χ2n) is 2.62. The van der Waals surface area contributed by atoms with Gasteiger partial charge in [0.1, 0.15) is 6.21 Å². The van der Waals surface area contributed by atoms with Gasteiger partial charge in [-0.2, -0.15) is 4.99 Å². The molecule has 2 aliphatic heterocycles. The largest absolute Gasteiger partial charge is 0.400 e. The van der Waals surface area contributed by atoms with E-state index in [1.165, 1.54) is 0 Å². The molecule has 0 aromatic rings. The van der Waals surface area contributed by atoms with Crippen LogP contribution in [0.3, 0.4) is 0 Å². The minimum absolute atomic E-state index is 1.08. The fourth-order valence-electron chi connectivity index (χ4n) is 0.846. The van der Waals surface area contributed by atoms with Crippen molar-refractivity contribution in [2.45, 2.75) is 18.1 Å². The Hall–Kier alpha value is -1.47. The molecule has 1 saturated heterocycles. The molecule has 70 valence electrons. The van der Waals surface area contributed by atoms with Crippen LogP contribution in [0, 0.1) is 0 Å². The van der Waals surface area contributed by atoms with Gasteiger partial charge in [0, 0.05) is 0 Å². The van der Waals surface area contributed by atoms with Gasteiger partial charge < -0.3 is 19.7 Å². The number of ether oxygens (including phenoxy) is 2. The van der Waals surface area contributed by atoms with Crippen molar-refractivity contribution in [1.82, 2.24) is 0 Å². The van der Waals surface area contributed by atoms with Crippen LogP contribution in [-0.2, 0) is 19.1 Å². The van der Waals surface area contributed by atoms with Crippen LogP contribution in [0.25, 0.3) is 0 Å². The molecule has 0 aromatic heterocycles. The number of carbonyl (C=O) groups excluding carboxylic acids is 2. The number of aliphatic imine (C=N–C) groups is 1. The number of esters is 2. The summed E-state index contributed by atoms with van der Waals surface area (Å²) in [5.41, 5.74) is 0. The molecule has 13 heavy (non-hydrogen) atoms. The molecule has 7 nitrogen and oxygen atoms in total. The molecule has 2 N–H and O–H groups in total. The minimum atomic E-state index is -1.92. The summed E-state index contributed by atoms with van der Waals surface area (Å²) in [4.78, 5) is 25.2. The van der Waals surface area contributed by atoms with Gasteiger partial charge in [-0.3, -0.25) is 0 Å². The molecule has 0 aromatic carbocycles. The van der Waals surface area contributed by atoms with Crippen LogP contribution in [0.4, 0.5) is 0 Å². The van der Waals surface area contributed by atoms with Gasteiger partial charge in [0.25, 0.3) is 0 Å². The first kappa shape index (κ1) is 8.14. The van der Waals surface area contributed by atoms with Crippen molar-refractivity contribution in [3.8, 4) is 0 Å². The van der Waals surface area contributed by atoms with Gasteiger partial charge in [0.2, 0.25) is 0 Å². The first-order valence-electron chi connectivity index (χ1n) is 3.42. The van der Waals surface area contributed by atoms with E-state index in [0.717, 1.165) is 6.21 Å². The van der Waals surface area contributed by atoms with Crippen molar-refractivity contribution in [2.24, 2.45) is 4.99 Å². The maximum absolute atomic E-state index is 10.9. The fraction of sp³-hybridized carbons (Fsp3) is 0.500. The van der Waals surface area contributed by atoms with Gasteiger partial charge in [0.05, 0.1) is 0 Å². The van der Waals surface area contributed by atoms with Crippen molar-refractivity contribution in [3.05, 3.63) is 0 Å². The monoisotopic (exact) mass is 187 g/mol. The second kappa shape index (κ2) is 2.27. The molecule has 2 heterocycles. The fourth-order valence-corrected chi connectivity index (χ4v) is 0.846. The highest BCUT2D eigenvalue weighted by atomic mass is 16.8. The predicted molar refractivity (Wildman–Crippen MR) is 35.4 cm³/mol. The topological polar surface area (TPSA) is 105 Å². The molecule has 0 aliphatic carbocycles. The Morgan fingerprint density at radius 2 is 1.62 bits per heavy atom. The first-order valence-corrected chi connectivity index (χ1v) is 3.42. The molecule has 0 amide bonds. The van der Waals surface area contributed by atoms with E-state index < -0.39 is 30.1 Å². The summed E-state index contributed by atoms with van der Waals surface area (Å²) in [6, 6.07) is 0. The highest BCUT2D eigenvalue weighted by Gasteiger charge is 2.53. The zero-order chi connectivity index (χ0) is 9.64. The van der Waals surface area contributed by atoms with Gasteiger partial charge in [-0.1, -0.05) is 0 Å². The van der Waals surface area contributed by atoms with E-state index in [2.05, 4.69) is 14.5 Å². The number of rotatable bonds is 0. The molecule has 2 aliphatic rings. The Labute approximate surface area is 71.6 Å². The van der Waals surface area contributed by atoms with Crippen LogP contribution < -0.4 is 0 Å². The van der Waals surface area contributed by atoms with Crippen LogP contribution in [-0.4, -0.2) is 46.5 Å². The van der Waals surface area contributed by atoms with Crippen LogP contribution in [0.5, 0.6) is 0 Å². The standard InChI is InChI=1S/C6H5NO6/c8-2-3(9)5(11)13-6(1-7-6)12-4(2)10/h1-3,8-9H. The van der Waals surface area contributed by atoms with Crippen molar-refractivity contribution in [2.75, 3.05) is 0 Å². The van der Waals surface area contributed by atoms with E-state index >= 15 is 0 Å². The molecule has 2 atom stereocenters. The number of hydrogen-bond acceptors (Lipinski definition) is 7. The number of aliphatic hydroxyl groups is 2. The predicted octanol–water partition coefficient (Wildman–Crippen LogP) is -2.45. The van der Waals surface area contributed by atoms with E-state index in [1.54, 1.807) is 0 Å². The maximum Gasteiger partial charge on any atom is 0.400 e. The van der Waals surface area contributed by atoms with E-state index in [9.17, 15) is 9.59 Å². The normalized spacial score (nSPS) is 42.6. The zero-order valence-electron chi connectivity index (χ0n) is 6.21. The molecule has 1 fully saturated rings. The number of hydrogen-bond donors (Lipinski definition) is 2. The van der Waals surface area contributed by atoms with E-state index in [0.29, 0.717) is 0 Å². The molecular weight excluding hydrogens is 182 g/mol. The SMILES string of the molecule is O=C1OC2(C=N2)OC(=O)C(O)C1O. The average molecular weight is 187 g/mol. The number of aliphatic hydroxyl groups excluding tert-OH is 2. The average Bonchev–Trinajstić information content (AvgIpc) is 2.81. The van der Waals surface area contributed by atoms with E-state index in [4.69, 9.17) is 10.2 Å². The molecule has 1 spiro atoms. The molecule has 2 rings (SSSR count). The zero-order valence-corrected chi connectivity index (χ0v) is 6.21. The maximum atomic E-state index is 10.9. The van der Waals surface area contributed by atoms with Crippen LogP contribution >= 0.6 is 0 Å². The van der Waals surface area contributed by atoms with Crippen molar-refractivity contribution in [3.63, 3.8) is 0 Å². The summed E-state index contributed by atoms with van der Waals surface area (Å²) >= 11 is 0. The lowest BCUT2D eigenvalue weighted by Gasteiger charge is -2.09. The third kappa shape index (κ3) is 1.18. The third-order valence-electron chi connectivity index (χ3n) is 1.62. The van der Waals surface area contributed by atoms with Gasteiger partial charge >= 0.3 is 17.8 Å². The van der Waals surface area contributed by atoms with Crippen LogP contribution in [0.2, 0.25) is 0 Å². The highest BCUT2D eigenvalue weighted by Crippen LogP contribution is 2.28. The summed E-state index contributed by atoms with van der Waals surface area (Å²) in [7, 11) is 0. The Kier molecular flexibility index (Phi) is 1.42. The molecule has 0 bridgehead atoms. The Balaban J connectivity index is 2.23. The lowest BCUT2D eigenvalue weighted by molar-refractivity contribution is -0.187. The van der Waals surface area contributed by atoms with E-state index in [-0.39, 0.29) is 0 Å². The Bertz CT molecular complexity index is 280. The van der Waals surface area contributed by atoms with Crippen molar-refractivity contribution < 1.29 is 29.3 Å². The van der Waals surface area contributed by atoms with Gasteiger partial charge in [-0.05, 0) is 0 Å². The Morgan fingerprint density at radius 1 is 1.23 bits per heavy atom. The molecule has 2 unspecified atom stereocenters. The summed E-state index contributed by atoms with van der Waals surface area (Å²) in [5.74, 6) is -3.99. The summed E-state index contributed by atoms with van der Waals surface area (Å²) in [6.07, 6.45) is -2.76. The number of nitrogens with zero attached hydrogens (tertiary/aromatic N) is 1. The van der Waals surface area contributed by atoms with E-state index in [1.807, 2.05) is 0 Å². The highest BCUT2D eigenvalue weighted by molar-refractivity contribution is 5.94. The number of carbonyl (C=O) groups is 2. The van der Waals surface area contributed by atoms with Gasteiger partial charge in [-0.25, -0.2) is 9.59 Å². The molecule has 0 radical (unpaired) electrons. The summed E-state index contributed by atoms with van der Waals surface area (Å²) in [5, 5.41) is 18.0. The first-order chi connectivity index (χ1) is 6.04. The third-order valence-corrected chi connectivity index (χ3v) is 1.62. The lowest BCUT2D eigenvalue weighted by Crippen LogP contribution is -2.38. The quantitative estimate of drug-likeness (QED) is 0.407. The summed E-state index contributed by atoms with van der Waals surface area (Å²) in [6.45, 7) is 0. The van der Waals surface area contributed by atoms with Crippen molar-refractivity contribution in [1.29, 1.82) is 0 Å². The van der Waals surface area contributed by atoms with Gasteiger partial charge in [-0.15, -0.1) is 0 Å². The molecule has 7 heteroatoms. The second-order valence-corrected chi connectivity index (χ2v) is 2.62. The van der Waals surface area contributed by atoms with Crippen molar-refractivity contribution >= 4 is 18.2 Å². The summed E-state index contributed by atoms with van der Waals surface area (Å²) < 4.78 is 8.90.